The fourth-order valence-corrected chi connectivity index (χ4v) is 9.01. The number of ketones is 2. The Kier molecular flexibility index (Phi) is 10.6. The van der Waals surface area contributed by atoms with Crippen molar-refractivity contribution in [2.45, 2.75) is 105 Å². The van der Waals surface area contributed by atoms with Crippen LogP contribution in [0.5, 0.6) is 0 Å². The van der Waals surface area contributed by atoms with E-state index in [4.69, 9.17) is 0 Å². The summed E-state index contributed by atoms with van der Waals surface area (Å²) in [5.74, 6) is -0.606. The van der Waals surface area contributed by atoms with Gasteiger partial charge in [0.25, 0.3) is 0 Å². The maximum atomic E-state index is 14.7. The largest absolute Gasteiger partial charge is 0.325 e. The van der Waals surface area contributed by atoms with E-state index in [0.717, 1.165) is 95.2 Å². The number of hydrogen-bond acceptors (Lipinski definition) is 4. The Morgan fingerprint density at radius 1 is 0.444 bits per heavy atom. The Hall–Kier alpha value is -5.10. The Balaban J connectivity index is 1.48. The number of benzene rings is 5. The number of carbonyl (C=O) groups is 4. The van der Waals surface area contributed by atoms with Crippen LogP contribution in [0.25, 0.3) is 43.8 Å². The highest BCUT2D eigenvalue weighted by atomic mass is 16.2. The van der Waals surface area contributed by atoms with Gasteiger partial charge in [-0.2, -0.15) is 0 Å². The number of Topliss-reactive ketones (excluding diaryl/α,β-unsaturated/α-hetero) is 2. The zero-order valence-electron chi connectivity index (χ0n) is 32.2. The molecule has 0 spiro atoms. The van der Waals surface area contributed by atoms with Crippen LogP contribution in [0, 0.1) is 10.8 Å². The lowest BCUT2D eigenvalue weighted by Crippen LogP contribution is -2.47. The molecule has 7 rings (SSSR count). The highest BCUT2D eigenvalue weighted by Crippen LogP contribution is 2.50. The molecule has 0 unspecified atom stereocenters. The molecule has 0 radical (unpaired) electrons. The second-order valence-electron chi connectivity index (χ2n) is 15.5. The second kappa shape index (κ2) is 15.3. The summed E-state index contributed by atoms with van der Waals surface area (Å²) in [6.45, 7) is 8.36. The Morgan fingerprint density at radius 2 is 0.926 bits per heavy atom. The first-order valence-corrected chi connectivity index (χ1v) is 20.2. The van der Waals surface area contributed by atoms with E-state index in [-0.39, 0.29) is 23.4 Å². The van der Waals surface area contributed by atoms with Gasteiger partial charge in [0.15, 0.2) is 11.6 Å². The standard InChI is InChI=1S/C48H52N2O4/c1-5-9-24-47(25-10-6-2)43(51)35-23-22-32(28-39(35)49-45(47)53)42-37-30-40-38(44(52)48(26-11-7-3,27-12-8-4)46(54)50-40)29-36(37)33-20-16-17-21-34(33)41(42)31-18-14-13-15-19-31/h13-23,28-30H,5-12,24-27H2,1-4H3,(H,49,53)(H,50,54). The zero-order chi connectivity index (χ0) is 38.0. The van der Waals surface area contributed by atoms with Gasteiger partial charge in [-0.25, -0.2) is 0 Å². The highest BCUT2D eigenvalue weighted by Gasteiger charge is 2.50. The highest BCUT2D eigenvalue weighted by molar-refractivity contribution is 6.29. The van der Waals surface area contributed by atoms with Crippen molar-refractivity contribution in [3.63, 3.8) is 0 Å². The second-order valence-corrected chi connectivity index (χ2v) is 15.5. The average molecular weight is 721 g/mol. The number of anilines is 2. The number of rotatable bonds is 14. The first kappa shape index (κ1) is 37.2. The zero-order valence-corrected chi connectivity index (χ0v) is 32.2. The van der Waals surface area contributed by atoms with Crippen LogP contribution in [0.4, 0.5) is 11.4 Å². The Morgan fingerprint density at radius 3 is 1.48 bits per heavy atom. The number of carbonyl (C=O) groups excluding carboxylic acids is 4. The molecule has 278 valence electrons. The molecule has 2 amide bonds. The van der Waals surface area contributed by atoms with E-state index in [0.29, 0.717) is 48.2 Å². The summed E-state index contributed by atoms with van der Waals surface area (Å²) in [7, 11) is 0. The van der Waals surface area contributed by atoms with Crippen molar-refractivity contribution in [1.82, 2.24) is 0 Å². The van der Waals surface area contributed by atoms with E-state index in [1.54, 1.807) is 0 Å². The summed E-state index contributed by atoms with van der Waals surface area (Å²) >= 11 is 0. The van der Waals surface area contributed by atoms with Crippen molar-refractivity contribution < 1.29 is 19.2 Å². The SMILES string of the molecule is CCCCC1(CCCC)C(=O)Nc2cc(-c3c(-c4ccccc4)c4ccccc4c4cc5c(cc34)NC(=O)C(CCCC)(CCCC)C5=O)ccc2C1=O. The molecular weight excluding hydrogens is 669 g/mol. The molecule has 0 bridgehead atoms. The third kappa shape index (κ3) is 6.14. The maximum Gasteiger partial charge on any atom is 0.238 e. The lowest BCUT2D eigenvalue weighted by atomic mass is 9.69. The number of nitrogens with one attached hydrogen (secondary N) is 2. The van der Waals surface area contributed by atoms with Gasteiger partial charge >= 0.3 is 0 Å². The Bertz CT molecular complexity index is 2250. The third-order valence-electron chi connectivity index (χ3n) is 12.1. The topological polar surface area (TPSA) is 92.3 Å². The molecule has 0 saturated heterocycles. The molecule has 5 aromatic rings. The van der Waals surface area contributed by atoms with E-state index in [2.05, 4.69) is 62.6 Å². The molecule has 0 aromatic heterocycles. The van der Waals surface area contributed by atoms with Crippen molar-refractivity contribution in [3.8, 4) is 22.3 Å². The average Bonchev–Trinajstić information content (AvgIpc) is 3.19. The van der Waals surface area contributed by atoms with Crippen LogP contribution < -0.4 is 10.6 Å². The van der Waals surface area contributed by atoms with Gasteiger partial charge in [-0.05, 0) is 93.7 Å². The number of hydrogen-bond donors (Lipinski definition) is 2. The first-order chi connectivity index (χ1) is 26.2. The van der Waals surface area contributed by atoms with E-state index < -0.39 is 10.8 Å². The van der Waals surface area contributed by atoms with E-state index in [1.807, 2.05) is 60.7 Å². The van der Waals surface area contributed by atoms with Gasteiger partial charge < -0.3 is 10.6 Å². The van der Waals surface area contributed by atoms with Gasteiger partial charge in [0.05, 0.1) is 11.4 Å². The van der Waals surface area contributed by atoms with Crippen LogP contribution >= 0.6 is 0 Å². The van der Waals surface area contributed by atoms with Crippen LogP contribution in [0.3, 0.4) is 0 Å². The summed E-state index contributed by atoms with van der Waals surface area (Å²) < 4.78 is 0. The van der Waals surface area contributed by atoms with Crippen molar-refractivity contribution in [2.24, 2.45) is 10.8 Å². The number of unbranched alkanes of at least 4 members (excludes halogenated alkanes) is 4. The minimum atomic E-state index is -1.08. The number of amides is 2. The quantitative estimate of drug-likeness (QED) is 0.0882. The lowest BCUT2D eigenvalue weighted by molar-refractivity contribution is -0.125. The van der Waals surface area contributed by atoms with Crippen LogP contribution in [0.1, 0.15) is 125 Å². The van der Waals surface area contributed by atoms with E-state index in [9.17, 15) is 19.2 Å². The maximum absolute atomic E-state index is 14.7. The predicted molar refractivity (Wildman–Crippen MR) is 221 cm³/mol. The Labute approximate surface area is 319 Å². The summed E-state index contributed by atoms with van der Waals surface area (Å²) in [5.41, 5.74) is 3.75. The van der Waals surface area contributed by atoms with Crippen LogP contribution in [-0.4, -0.2) is 23.4 Å². The molecule has 0 fully saturated rings. The predicted octanol–water partition coefficient (Wildman–Crippen LogP) is 12.3. The van der Waals surface area contributed by atoms with Crippen LogP contribution in [-0.2, 0) is 9.59 Å². The molecule has 54 heavy (non-hydrogen) atoms. The van der Waals surface area contributed by atoms with E-state index in [1.165, 1.54) is 0 Å². The normalized spacial score (nSPS) is 15.9. The van der Waals surface area contributed by atoms with Gasteiger partial charge in [-0.3, -0.25) is 19.2 Å². The van der Waals surface area contributed by atoms with Crippen LogP contribution in [0.2, 0.25) is 0 Å². The fourth-order valence-electron chi connectivity index (χ4n) is 9.01. The molecule has 0 aliphatic carbocycles. The molecular formula is C48H52N2O4. The summed E-state index contributed by atoms with van der Waals surface area (Å²) in [5, 5.41) is 10.2. The summed E-state index contributed by atoms with van der Waals surface area (Å²) in [6, 6.07) is 28.3. The molecule has 2 aliphatic heterocycles. The first-order valence-electron chi connectivity index (χ1n) is 20.2. The molecule has 2 heterocycles. The van der Waals surface area contributed by atoms with Gasteiger partial charge in [0, 0.05) is 11.1 Å². The summed E-state index contributed by atoms with van der Waals surface area (Å²) in [6.07, 6.45) is 8.98. The van der Waals surface area contributed by atoms with Crippen LogP contribution in [0.15, 0.2) is 84.9 Å². The monoisotopic (exact) mass is 720 g/mol. The van der Waals surface area contributed by atoms with Crippen molar-refractivity contribution >= 4 is 56.3 Å². The summed E-state index contributed by atoms with van der Waals surface area (Å²) in [4.78, 5) is 57.1. The van der Waals surface area contributed by atoms with Gasteiger partial charge in [0.2, 0.25) is 11.8 Å². The number of fused-ring (bicyclic) bond motifs is 5. The molecule has 2 aliphatic rings. The van der Waals surface area contributed by atoms with E-state index >= 15 is 0 Å². The van der Waals surface area contributed by atoms with Gasteiger partial charge in [-0.1, -0.05) is 140 Å². The van der Waals surface area contributed by atoms with Crippen molar-refractivity contribution in [1.29, 1.82) is 0 Å². The molecule has 0 saturated carbocycles. The van der Waals surface area contributed by atoms with Gasteiger partial charge in [-0.15, -0.1) is 0 Å². The molecule has 6 nitrogen and oxygen atoms in total. The van der Waals surface area contributed by atoms with Crippen molar-refractivity contribution in [3.05, 3.63) is 96.1 Å². The molecule has 0 atom stereocenters. The minimum Gasteiger partial charge on any atom is -0.325 e. The molecule has 5 aromatic carbocycles. The molecule has 2 N–H and O–H groups in total. The third-order valence-corrected chi connectivity index (χ3v) is 12.1. The lowest BCUT2D eigenvalue weighted by Gasteiger charge is -2.36. The van der Waals surface area contributed by atoms with Crippen molar-refractivity contribution in [2.75, 3.05) is 10.6 Å². The minimum absolute atomic E-state index is 0.0903. The fraction of sp³-hybridized carbons (Fsp3) is 0.375. The van der Waals surface area contributed by atoms with Gasteiger partial charge in [0.1, 0.15) is 10.8 Å². The smallest absolute Gasteiger partial charge is 0.238 e. The molecule has 6 heteroatoms.